The summed E-state index contributed by atoms with van der Waals surface area (Å²) in [6.07, 6.45) is 39.3. The van der Waals surface area contributed by atoms with E-state index in [0.29, 0.717) is 78.2 Å². The van der Waals surface area contributed by atoms with Gasteiger partial charge >= 0.3 is 35.8 Å². The zero-order valence-electron chi connectivity index (χ0n) is 57.2. The molecule has 6 fully saturated rings. The summed E-state index contributed by atoms with van der Waals surface area (Å²) in [5.74, 6) is -1.13. The Kier molecular flexibility index (Phi) is 44.0. The second-order valence-electron chi connectivity index (χ2n) is 26.1. The fourth-order valence-corrected chi connectivity index (χ4v) is 12.6. The van der Waals surface area contributed by atoms with Crippen LogP contribution in [0, 0.1) is 0 Å². The first-order valence-electron chi connectivity index (χ1n) is 36.8. The molecule has 6 aliphatic rings. The third-order valence-electron chi connectivity index (χ3n) is 18.0. The lowest BCUT2D eigenvalue weighted by Crippen LogP contribution is -2.35. The highest BCUT2D eigenvalue weighted by Crippen LogP contribution is 2.34. The van der Waals surface area contributed by atoms with Crippen LogP contribution in [-0.4, -0.2) is 149 Å². The van der Waals surface area contributed by atoms with Crippen molar-refractivity contribution < 1.29 is 85.6 Å². The first-order valence-corrected chi connectivity index (χ1v) is 36.8. The van der Waals surface area contributed by atoms with Crippen LogP contribution >= 0.6 is 0 Å². The van der Waals surface area contributed by atoms with Gasteiger partial charge in [0, 0.05) is 38.5 Å². The number of carbonyl (C=O) groups is 6. The van der Waals surface area contributed by atoms with E-state index in [-0.39, 0.29) is 72.4 Å². The number of esters is 6. The predicted molar refractivity (Wildman–Crippen MR) is 346 cm³/mol. The molecule has 0 aromatic rings. The van der Waals surface area contributed by atoms with Crippen LogP contribution in [0.1, 0.15) is 311 Å². The van der Waals surface area contributed by atoms with Crippen molar-refractivity contribution in [2.45, 2.75) is 384 Å². The van der Waals surface area contributed by atoms with E-state index in [1.54, 1.807) is 0 Å². The summed E-state index contributed by atoms with van der Waals surface area (Å²) in [4.78, 5) is 72.7. The molecule has 0 saturated carbocycles. The quantitative estimate of drug-likeness (QED) is 0.0315. The Balaban J connectivity index is 0.000000289. The average molecular weight is 1280 g/mol. The molecule has 12 unspecified atom stereocenters. The van der Waals surface area contributed by atoms with E-state index in [1.807, 2.05) is 0 Å². The van der Waals surface area contributed by atoms with Gasteiger partial charge in [0.15, 0.2) is 36.6 Å². The molecular formula is C72H126O18. The van der Waals surface area contributed by atoms with E-state index in [9.17, 15) is 28.8 Å². The highest BCUT2D eigenvalue weighted by atomic mass is 16.7. The number of ether oxygens (including phenoxy) is 12. The molecule has 6 heterocycles. The zero-order chi connectivity index (χ0) is 64.8. The van der Waals surface area contributed by atoms with Crippen LogP contribution in [0.15, 0.2) is 0 Å². The van der Waals surface area contributed by atoms with Crippen molar-refractivity contribution in [3.8, 4) is 0 Å². The third-order valence-corrected chi connectivity index (χ3v) is 18.0. The summed E-state index contributed by atoms with van der Waals surface area (Å²) >= 11 is 0. The summed E-state index contributed by atoms with van der Waals surface area (Å²) in [7, 11) is 0. The lowest BCUT2D eigenvalue weighted by atomic mass is 10.1. The van der Waals surface area contributed by atoms with Crippen molar-refractivity contribution in [3.63, 3.8) is 0 Å². The fourth-order valence-electron chi connectivity index (χ4n) is 12.6. The first kappa shape index (κ1) is 79.0. The minimum Gasteiger partial charge on any atom is -0.457 e. The van der Waals surface area contributed by atoms with Gasteiger partial charge in [-0.25, -0.2) is 0 Å². The van der Waals surface area contributed by atoms with E-state index in [0.717, 1.165) is 96.3 Å². The van der Waals surface area contributed by atoms with Gasteiger partial charge in [-0.15, -0.1) is 0 Å². The number of fused-ring (bicyclic) bond motifs is 3. The summed E-state index contributed by atoms with van der Waals surface area (Å²) in [6.45, 7) is 15.0. The summed E-state index contributed by atoms with van der Waals surface area (Å²) in [5, 5.41) is 0. The minimum atomic E-state index is -0.399. The van der Waals surface area contributed by atoms with Crippen LogP contribution in [0.2, 0.25) is 0 Å². The van der Waals surface area contributed by atoms with Gasteiger partial charge in [-0.3, -0.25) is 28.8 Å². The SMILES string of the molecule is CCCCCCCC(=O)OC1COC2C(OC(=O)CCCCCCC)COC12.CCCCCCCCCC(=O)OC1COC2C(OC(=O)CCCCCCC)COC12.CCCCCCCCCC(=O)OC1COC2C(OC(=O)CCCCCCCCC)COC12. The molecule has 0 aliphatic carbocycles. The Labute approximate surface area is 543 Å². The molecule has 0 N–H and O–H groups in total. The van der Waals surface area contributed by atoms with Gasteiger partial charge in [0.1, 0.15) is 36.6 Å². The Hall–Kier alpha value is -3.42. The van der Waals surface area contributed by atoms with Crippen molar-refractivity contribution in [1.82, 2.24) is 0 Å². The Bertz CT molecular complexity index is 1810. The topological polar surface area (TPSA) is 213 Å². The van der Waals surface area contributed by atoms with Crippen LogP contribution in [0.5, 0.6) is 0 Å². The van der Waals surface area contributed by atoms with Gasteiger partial charge in [0.25, 0.3) is 0 Å². The van der Waals surface area contributed by atoms with Crippen LogP contribution in [-0.2, 0) is 85.6 Å². The molecule has 12 atom stereocenters. The molecule has 6 aliphatic heterocycles. The highest BCUT2D eigenvalue weighted by molar-refractivity contribution is 5.71. The van der Waals surface area contributed by atoms with Crippen molar-refractivity contribution in [2.75, 3.05) is 39.6 Å². The van der Waals surface area contributed by atoms with Crippen molar-refractivity contribution in [2.24, 2.45) is 0 Å². The Morgan fingerprint density at radius 3 is 0.467 bits per heavy atom. The van der Waals surface area contributed by atoms with Gasteiger partial charge in [-0.1, -0.05) is 234 Å². The standard InChI is InChI=1S/C26H46O6.C24H42O6.C22H38O6/c1-3-5-7-9-11-13-15-17-23(27)31-21-19-29-26-22(20-30-25(21)26)32-24(28)18-16-14-12-10-8-6-4-2;1-3-5-7-9-10-12-14-16-22(26)30-20-18-28-23-19(17-27-24(20)23)29-21(25)15-13-11-8-6-4-2;1-3-5-7-9-11-13-19(23)27-17-15-25-22-18(16-26-21(17)22)28-20(24)14-12-10-8-6-4-2/h21-22,25-26H,3-20H2,1-2H3;19-20,23-24H,3-18H2,1-2H3;17-18,21-22H,3-16H2,1-2H3. The number of hydrogen-bond acceptors (Lipinski definition) is 18. The maximum Gasteiger partial charge on any atom is 0.306 e. The highest BCUT2D eigenvalue weighted by Gasteiger charge is 2.53. The number of carbonyl (C=O) groups excluding carboxylic acids is 6. The van der Waals surface area contributed by atoms with E-state index in [2.05, 4.69) is 41.5 Å². The molecule has 0 spiro atoms. The first-order chi connectivity index (χ1) is 44.0. The average Bonchev–Trinajstić information content (AvgIpc) is 1.87. The van der Waals surface area contributed by atoms with Crippen LogP contribution in [0.4, 0.5) is 0 Å². The molecule has 0 bridgehead atoms. The van der Waals surface area contributed by atoms with Gasteiger partial charge in [-0.2, -0.15) is 0 Å². The summed E-state index contributed by atoms with van der Waals surface area (Å²) in [6, 6.07) is 0. The molecule has 6 saturated heterocycles. The molecule has 522 valence electrons. The molecule has 18 nitrogen and oxygen atoms in total. The number of hydrogen-bond donors (Lipinski definition) is 0. The smallest absolute Gasteiger partial charge is 0.306 e. The second-order valence-corrected chi connectivity index (χ2v) is 26.1. The van der Waals surface area contributed by atoms with Gasteiger partial charge in [0.2, 0.25) is 0 Å². The molecule has 0 aromatic heterocycles. The largest absolute Gasteiger partial charge is 0.457 e. The van der Waals surface area contributed by atoms with Crippen LogP contribution < -0.4 is 0 Å². The molecule has 0 radical (unpaired) electrons. The van der Waals surface area contributed by atoms with Crippen molar-refractivity contribution in [1.29, 1.82) is 0 Å². The second kappa shape index (κ2) is 50.1. The lowest BCUT2D eigenvalue weighted by Gasteiger charge is -2.17. The van der Waals surface area contributed by atoms with Gasteiger partial charge in [-0.05, 0) is 38.5 Å². The van der Waals surface area contributed by atoms with Gasteiger partial charge in [0.05, 0.1) is 39.6 Å². The van der Waals surface area contributed by atoms with E-state index < -0.39 is 36.6 Å². The van der Waals surface area contributed by atoms with Gasteiger partial charge < -0.3 is 56.8 Å². The van der Waals surface area contributed by atoms with Crippen LogP contribution in [0.25, 0.3) is 0 Å². The molecule has 6 rings (SSSR count). The maximum atomic E-state index is 12.2. The summed E-state index contributed by atoms with van der Waals surface area (Å²) in [5.41, 5.74) is 0. The normalized spacial score (nSPS) is 25.3. The van der Waals surface area contributed by atoms with Crippen molar-refractivity contribution in [3.05, 3.63) is 0 Å². The molecule has 0 aromatic carbocycles. The van der Waals surface area contributed by atoms with E-state index >= 15 is 0 Å². The Morgan fingerprint density at radius 1 is 0.211 bits per heavy atom. The minimum absolute atomic E-state index is 0.184. The summed E-state index contributed by atoms with van der Waals surface area (Å²) < 4.78 is 68.1. The molecule has 90 heavy (non-hydrogen) atoms. The number of unbranched alkanes of at least 4 members (excludes halogenated alkanes) is 30. The number of rotatable bonds is 48. The molecule has 18 heteroatoms. The maximum absolute atomic E-state index is 12.2. The predicted octanol–water partition coefficient (Wildman–Crippen LogP) is 15.3. The molecule has 0 amide bonds. The van der Waals surface area contributed by atoms with E-state index in [4.69, 9.17) is 56.8 Å². The third kappa shape index (κ3) is 32.6. The molecular weight excluding hydrogens is 1150 g/mol. The monoisotopic (exact) mass is 1280 g/mol. The lowest BCUT2D eigenvalue weighted by molar-refractivity contribution is -0.157. The van der Waals surface area contributed by atoms with Crippen molar-refractivity contribution >= 4 is 35.8 Å². The van der Waals surface area contributed by atoms with Crippen LogP contribution in [0.3, 0.4) is 0 Å². The zero-order valence-corrected chi connectivity index (χ0v) is 57.2. The van der Waals surface area contributed by atoms with E-state index in [1.165, 1.54) is 135 Å². The fraction of sp³-hybridized carbons (Fsp3) is 0.917. The Morgan fingerprint density at radius 2 is 0.333 bits per heavy atom.